The van der Waals surface area contributed by atoms with Crippen LogP contribution in [0.15, 0.2) is 11.4 Å². The normalized spacial score (nSPS) is 19.7. The Labute approximate surface area is 129 Å². The van der Waals surface area contributed by atoms with Crippen LogP contribution in [0, 0.1) is 13.8 Å². The number of nitrogens with one attached hydrogen (secondary N) is 1. The molecule has 2 aromatic rings. The molecular formula is C15H21N5S. The number of hydrogen-bond acceptors (Lipinski definition) is 6. The molecule has 1 aliphatic heterocycles. The van der Waals surface area contributed by atoms with Crippen LogP contribution in [-0.2, 0) is 0 Å². The Balaban J connectivity index is 1.85. The molecule has 5 nitrogen and oxygen atoms in total. The summed E-state index contributed by atoms with van der Waals surface area (Å²) >= 11 is 1.60. The van der Waals surface area contributed by atoms with Gasteiger partial charge in [0.2, 0.25) is 0 Å². The number of aromatic nitrogens is 3. The molecule has 0 radical (unpaired) electrons. The van der Waals surface area contributed by atoms with Gasteiger partial charge in [-0.05, 0) is 40.3 Å². The fraction of sp³-hybridized carbons (Fsp3) is 0.533. The molecule has 2 aromatic heterocycles. The van der Waals surface area contributed by atoms with Crippen molar-refractivity contribution in [3.8, 4) is 0 Å². The third kappa shape index (κ3) is 3.39. The van der Waals surface area contributed by atoms with Crippen LogP contribution in [0.3, 0.4) is 0 Å². The molecule has 0 amide bonds. The van der Waals surface area contributed by atoms with Gasteiger partial charge in [-0.2, -0.15) is 0 Å². The van der Waals surface area contributed by atoms with E-state index >= 15 is 0 Å². The van der Waals surface area contributed by atoms with Crippen molar-refractivity contribution in [2.24, 2.45) is 0 Å². The maximum absolute atomic E-state index is 4.71. The Morgan fingerprint density at radius 3 is 2.76 bits per heavy atom. The molecule has 0 saturated carbocycles. The monoisotopic (exact) mass is 303 g/mol. The van der Waals surface area contributed by atoms with Gasteiger partial charge in [0.05, 0.1) is 11.7 Å². The Kier molecular flexibility index (Phi) is 4.17. The molecule has 3 rings (SSSR count). The lowest BCUT2D eigenvalue weighted by atomic mass is 10.0. The van der Waals surface area contributed by atoms with E-state index in [2.05, 4.69) is 27.2 Å². The highest BCUT2D eigenvalue weighted by atomic mass is 32.1. The number of rotatable bonds is 3. The zero-order valence-electron chi connectivity index (χ0n) is 12.8. The number of piperidine rings is 1. The van der Waals surface area contributed by atoms with Crippen LogP contribution in [-0.4, -0.2) is 33.4 Å². The van der Waals surface area contributed by atoms with E-state index in [9.17, 15) is 0 Å². The molecule has 1 aliphatic rings. The topological polar surface area (TPSA) is 53.9 Å². The molecule has 0 bridgehead atoms. The third-order valence-corrected chi connectivity index (χ3v) is 4.67. The highest BCUT2D eigenvalue weighted by molar-refractivity contribution is 7.13. The van der Waals surface area contributed by atoms with E-state index in [0.717, 1.165) is 41.1 Å². The van der Waals surface area contributed by atoms with E-state index in [-0.39, 0.29) is 0 Å². The summed E-state index contributed by atoms with van der Waals surface area (Å²) in [4.78, 5) is 16.1. The number of anilines is 2. The predicted molar refractivity (Wildman–Crippen MR) is 86.1 cm³/mol. The standard InChI is InChI=1S/C15H21N5S/c1-10-8-13(19-15-17-11(2)9-21-15)18-14(16-10)12-6-4-5-7-20(12)3/h8-9,12H,4-7H2,1-3H3,(H,16,17,18,19)/t12-/m1/s1. The third-order valence-electron chi connectivity index (χ3n) is 3.79. The molecular weight excluding hydrogens is 282 g/mol. The molecule has 0 aliphatic carbocycles. The SMILES string of the molecule is Cc1cc(Nc2nc(C)cs2)nc([C@H]2CCCCN2C)n1. The molecule has 1 N–H and O–H groups in total. The van der Waals surface area contributed by atoms with Crippen LogP contribution in [0.5, 0.6) is 0 Å². The van der Waals surface area contributed by atoms with Gasteiger partial charge in [-0.25, -0.2) is 15.0 Å². The maximum atomic E-state index is 4.71. The summed E-state index contributed by atoms with van der Waals surface area (Å²) in [6.07, 6.45) is 3.65. The number of likely N-dealkylation sites (tertiary alicyclic amines) is 1. The summed E-state index contributed by atoms with van der Waals surface area (Å²) in [5.41, 5.74) is 2.02. The molecule has 0 unspecified atom stereocenters. The molecule has 3 heterocycles. The summed E-state index contributed by atoms with van der Waals surface area (Å²) in [7, 11) is 2.16. The summed E-state index contributed by atoms with van der Waals surface area (Å²) in [6.45, 7) is 5.14. The van der Waals surface area contributed by atoms with Gasteiger partial charge in [0.15, 0.2) is 5.13 Å². The van der Waals surface area contributed by atoms with Gasteiger partial charge in [0.25, 0.3) is 0 Å². The van der Waals surface area contributed by atoms with Crippen LogP contribution in [0.25, 0.3) is 0 Å². The molecule has 0 spiro atoms. The molecule has 1 atom stereocenters. The Morgan fingerprint density at radius 1 is 1.19 bits per heavy atom. The van der Waals surface area contributed by atoms with Crippen LogP contribution >= 0.6 is 11.3 Å². The largest absolute Gasteiger partial charge is 0.316 e. The average molecular weight is 303 g/mol. The average Bonchev–Trinajstić information content (AvgIpc) is 2.84. The molecule has 6 heteroatoms. The van der Waals surface area contributed by atoms with E-state index < -0.39 is 0 Å². The van der Waals surface area contributed by atoms with E-state index in [1.807, 2.05) is 25.3 Å². The van der Waals surface area contributed by atoms with Gasteiger partial charge in [-0.3, -0.25) is 4.90 Å². The summed E-state index contributed by atoms with van der Waals surface area (Å²) < 4.78 is 0. The van der Waals surface area contributed by atoms with Crippen molar-refractivity contribution in [1.82, 2.24) is 19.9 Å². The van der Waals surface area contributed by atoms with Gasteiger partial charge in [-0.15, -0.1) is 11.3 Å². The van der Waals surface area contributed by atoms with Crippen molar-refractivity contribution < 1.29 is 0 Å². The zero-order valence-corrected chi connectivity index (χ0v) is 13.6. The van der Waals surface area contributed by atoms with Crippen molar-refractivity contribution in [1.29, 1.82) is 0 Å². The van der Waals surface area contributed by atoms with Crippen LogP contribution < -0.4 is 5.32 Å². The smallest absolute Gasteiger partial charge is 0.188 e. The van der Waals surface area contributed by atoms with Crippen LogP contribution in [0.1, 0.15) is 42.5 Å². The quantitative estimate of drug-likeness (QED) is 0.941. The van der Waals surface area contributed by atoms with E-state index in [0.29, 0.717) is 6.04 Å². The minimum absolute atomic E-state index is 0.331. The lowest BCUT2D eigenvalue weighted by Gasteiger charge is -2.31. The van der Waals surface area contributed by atoms with Crippen molar-refractivity contribution in [3.63, 3.8) is 0 Å². The Bertz CT molecular complexity index is 624. The van der Waals surface area contributed by atoms with E-state index in [4.69, 9.17) is 4.98 Å². The van der Waals surface area contributed by atoms with E-state index in [1.54, 1.807) is 11.3 Å². The van der Waals surface area contributed by atoms with Crippen molar-refractivity contribution in [2.75, 3.05) is 18.9 Å². The summed E-state index contributed by atoms with van der Waals surface area (Å²) in [5, 5.41) is 6.21. The van der Waals surface area contributed by atoms with Gasteiger partial charge in [-0.1, -0.05) is 6.42 Å². The molecule has 21 heavy (non-hydrogen) atoms. The predicted octanol–water partition coefficient (Wildman–Crippen LogP) is 3.45. The van der Waals surface area contributed by atoms with E-state index in [1.165, 1.54) is 12.8 Å². The molecule has 0 aromatic carbocycles. The highest BCUT2D eigenvalue weighted by Gasteiger charge is 2.23. The second-order valence-corrected chi connectivity index (χ2v) is 6.52. The lowest BCUT2D eigenvalue weighted by molar-refractivity contribution is 0.179. The molecule has 1 fully saturated rings. The molecule has 1 saturated heterocycles. The first kappa shape index (κ1) is 14.4. The first-order valence-electron chi connectivity index (χ1n) is 7.37. The highest BCUT2D eigenvalue weighted by Crippen LogP contribution is 2.28. The minimum atomic E-state index is 0.331. The van der Waals surface area contributed by atoms with Gasteiger partial charge < -0.3 is 5.32 Å². The Morgan fingerprint density at radius 2 is 2.05 bits per heavy atom. The second kappa shape index (κ2) is 6.07. The van der Waals surface area contributed by atoms with Crippen molar-refractivity contribution in [2.45, 2.75) is 39.2 Å². The fourth-order valence-corrected chi connectivity index (χ4v) is 3.42. The number of aryl methyl sites for hydroxylation is 2. The maximum Gasteiger partial charge on any atom is 0.188 e. The summed E-state index contributed by atoms with van der Waals surface area (Å²) in [5.74, 6) is 1.76. The lowest BCUT2D eigenvalue weighted by Crippen LogP contribution is -2.31. The molecule has 112 valence electrons. The minimum Gasteiger partial charge on any atom is -0.316 e. The van der Waals surface area contributed by atoms with Crippen molar-refractivity contribution >= 4 is 22.3 Å². The first-order chi connectivity index (χ1) is 10.1. The number of thiazole rings is 1. The van der Waals surface area contributed by atoms with Gasteiger partial charge >= 0.3 is 0 Å². The number of hydrogen-bond donors (Lipinski definition) is 1. The van der Waals surface area contributed by atoms with Gasteiger partial charge in [0, 0.05) is 17.1 Å². The van der Waals surface area contributed by atoms with Crippen LogP contribution in [0.4, 0.5) is 10.9 Å². The zero-order chi connectivity index (χ0) is 14.8. The van der Waals surface area contributed by atoms with Crippen molar-refractivity contribution in [3.05, 3.63) is 28.7 Å². The van der Waals surface area contributed by atoms with Crippen LogP contribution in [0.2, 0.25) is 0 Å². The summed E-state index contributed by atoms with van der Waals surface area (Å²) in [6, 6.07) is 2.31. The first-order valence-corrected chi connectivity index (χ1v) is 8.25. The fourth-order valence-electron chi connectivity index (χ4n) is 2.73. The van der Waals surface area contributed by atoms with Gasteiger partial charge in [0.1, 0.15) is 11.6 Å². The Hall–Kier alpha value is -1.53. The second-order valence-electron chi connectivity index (χ2n) is 5.66. The number of nitrogens with zero attached hydrogens (tertiary/aromatic N) is 4.